The van der Waals surface area contributed by atoms with Crippen LogP contribution in [0.3, 0.4) is 0 Å². The Balaban J connectivity index is 1.86. The van der Waals surface area contributed by atoms with Crippen LogP contribution >= 0.6 is 11.3 Å². The number of hydrogen-bond acceptors (Lipinski definition) is 3. The maximum atomic E-state index is 13.3. The number of halogens is 1. The van der Waals surface area contributed by atoms with Crippen molar-refractivity contribution >= 4 is 21.4 Å². The summed E-state index contributed by atoms with van der Waals surface area (Å²) in [5.74, 6) is 0.271. The van der Waals surface area contributed by atoms with Gasteiger partial charge in [-0.2, -0.15) is 8.42 Å². The van der Waals surface area contributed by atoms with Gasteiger partial charge in [-0.15, -0.1) is 4.40 Å². The molecule has 0 bridgehead atoms. The van der Waals surface area contributed by atoms with Gasteiger partial charge < -0.3 is 4.57 Å². The van der Waals surface area contributed by atoms with Crippen LogP contribution in [0.5, 0.6) is 0 Å². The Hall–Kier alpha value is -2.25. The van der Waals surface area contributed by atoms with Crippen LogP contribution in [0, 0.1) is 18.7 Å². The Morgan fingerprint density at radius 1 is 1.11 bits per heavy atom. The van der Waals surface area contributed by atoms with Crippen LogP contribution in [0.25, 0.3) is 10.4 Å². The molecule has 1 aliphatic rings. The molecule has 0 unspecified atom stereocenters. The van der Waals surface area contributed by atoms with Crippen molar-refractivity contribution in [1.29, 1.82) is 0 Å². The van der Waals surface area contributed by atoms with Crippen LogP contribution in [0.1, 0.15) is 18.5 Å². The van der Waals surface area contributed by atoms with Gasteiger partial charge in [0.15, 0.2) is 0 Å². The number of benzene rings is 2. The van der Waals surface area contributed by atoms with E-state index in [4.69, 9.17) is 0 Å². The topological polar surface area (TPSA) is 51.4 Å². The summed E-state index contributed by atoms with van der Waals surface area (Å²) >= 11 is 1.33. The third-order valence-corrected chi connectivity index (χ3v) is 7.27. The molecule has 2 aromatic carbocycles. The van der Waals surface area contributed by atoms with Gasteiger partial charge >= 0.3 is 0 Å². The lowest BCUT2D eigenvalue weighted by Crippen LogP contribution is -2.19. The summed E-state index contributed by atoms with van der Waals surface area (Å²) in [5.41, 5.74) is 1.82. The minimum Gasteiger partial charge on any atom is -0.320 e. The average Bonchev–Trinajstić information content (AvgIpc) is 3.43. The van der Waals surface area contributed by atoms with Crippen molar-refractivity contribution in [3.8, 4) is 10.4 Å². The first kappa shape index (κ1) is 18.1. The largest absolute Gasteiger partial charge is 0.320 e. The predicted molar refractivity (Wildman–Crippen MR) is 104 cm³/mol. The van der Waals surface area contributed by atoms with Gasteiger partial charge in [0, 0.05) is 12.2 Å². The Labute approximate surface area is 161 Å². The lowest BCUT2D eigenvalue weighted by molar-refractivity contribution is 0.585. The van der Waals surface area contributed by atoms with Crippen molar-refractivity contribution in [3.05, 3.63) is 70.9 Å². The van der Waals surface area contributed by atoms with E-state index in [0.29, 0.717) is 10.7 Å². The summed E-state index contributed by atoms with van der Waals surface area (Å²) in [4.78, 5) is 1.55. The van der Waals surface area contributed by atoms with E-state index in [1.807, 2.05) is 11.5 Å². The molecule has 1 aliphatic carbocycles. The van der Waals surface area contributed by atoms with Crippen molar-refractivity contribution in [1.82, 2.24) is 4.57 Å². The van der Waals surface area contributed by atoms with Gasteiger partial charge in [0.25, 0.3) is 10.0 Å². The summed E-state index contributed by atoms with van der Waals surface area (Å²) in [7, 11) is -3.79. The molecule has 1 saturated carbocycles. The SMILES string of the molecule is Cc1c(-c2ccc(F)cc2)s/c(=N\S(=O)(=O)c2ccccc2)n1CC1CC1. The van der Waals surface area contributed by atoms with E-state index in [1.54, 1.807) is 42.5 Å². The van der Waals surface area contributed by atoms with E-state index in [9.17, 15) is 12.8 Å². The number of thiazole rings is 1. The smallest absolute Gasteiger partial charge is 0.285 e. The molecule has 0 radical (unpaired) electrons. The molecule has 0 saturated heterocycles. The summed E-state index contributed by atoms with van der Waals surface area (Å²) in [6, 6.07) is 14.5. The van der Waals surface area contributed by atoms with Crippen molar-refractivity contribution in [2.45, 2.75) is 31.2 Å². The highest BCUT2D eigenvalue weighted by Crippen LogP contribution is 2.33. The van der Waals surface area contributed by atoms with Crippen LogP contribution in [0.15, 0.2) is 63.9 Å². The fraction of sp³-hybridized carbons (Fsp3) is 0.250. The molecule has 0 amide bonds. The maximum absolute atomic E-state index is 13.3. The fourth-order valence-corrected chi connectivity index (χ4v) is 5.32. The second-order valence-electron chi connectivity index (χ2n) is 6.74. The molecule has 1 aromatic heterocycles. The minimum atomic E-state index is -3.79. The van der Waals surface area contributed by atoms with E-state index in [-0.39, 0.29) is 10.7 Å². The molecule has 3 aromatic rings. The van der Waals surface area contributed by atoms with Gasteiger partial charge in [0.1, 0.15) is 5.82 Å². The zero-order valence-electron chi connectivity index (χ0n) is 14.8. The van der Waals surface area contributed by atoms with Crippen LogP contribution in [-0.4, -0.2) is 13.0 Å². The van der Waals surface area contributed by atoms with Gasteiger partial charge in [-0.05, 0) is 55.5 Å². The Bertz CT molecular complexity index is 1130. The number of rotatable bonds is 5. The maximum Gasteiger partial charge on any atom is 0.285 e. The van der Waals surface area contributed by atoms with Crippen LogP contribution < -0.4 is 4.80 Å². The van der Waals surface area contributed by atoms with Crippen molar-refractivity contribution in [2.24, 2.45) is 10.3 Å². The molecule has 27 heavy (non-hydrogen) atoms. The Morgan fingerprint density at radius 3 is 2.41 bits per heavy atom. The molecule has 140 valence electrons. The van der Waals surface area contributed by atoms with Gasteiger partial charge in [0.05, 0.1) is 9.77 Å². The highest BCUT2D eigenvalue weighted by molar-refractivity contribution is 7.90. The Morgan fingerprint density at radius 2 is 1.78 bits per heavy atom. The van der Waals surface area contributed by atoms with E-state index >= 15 is 0 Å². The fourth-order valence-electron chi connectivity index (χ4n) is 2.94. The quantitative estimate of drug-likeness (QED) is 0.637. The third kappa shape index (κ3) is 3.89. The van der Waals surface area contributed by atoms with E-state index < -0.39 is 10.0 Å². The van der Waals surface area contributed by atoms with Crippen molar-refractivity contribution < 1.29 is 12.8 Å². The standard InChI is InChI=1S/C20H19FN2O2S2/c1-14-19(16-9-11-17(21)12-10-16)26-20(23(14)13-15-7-8-15)22-27(24,25)18-5-3-2-4-6-18/h2-6,9-12,15H,7-8,13H2,1H3/b22-20-. The highest BCUT2D eigenvalue weighted by Gasteiger charge is 2.25. The normalized spacial score (nSPS) is 15.3. The number of hydrogen-bond donors (Lipinski definition) is 0. The van der Waals surface area contributed by atoms with Crippen molar-refractivity contribution in [2.75, 3.05) is 0 Å². The van der Waals surface area contributed by atoms with Crippen LogP contribution in [0.2, 0.25) is 0 Å². The second-order valence-corrected chi connectivity index (χ2v) is 9.32. The molecule has 1 fully saturated rings. The first-order valence-electron chi connectivity index (χ1n) is 8.76. The lowest BCUT2D eigenvalue weighted by atomic mass is 10.1. The van der Waals surface area contributed by atoms with Crippen molar-refractivity contribution in [3.63, 3.8) is 0 Å². The van der Waals surface area contributed by atoms with Gasteiger partial charge in [0.2, 0.25) is 4.80 Å². The molecule has 0 atom stereocenters. The first-order chi connectivity index (χ1) is 12.9. The van der Waals surface area contributed by atoms with Crippen LogP contribution in [0.4, 0.5) is 4.39 Å². The lowest BCUT2D eigenvalue weighted by Gasteiger charge is -2.06. The third-order valence-electron chi connectivity index (χ3n) is 4.64. The van der Waals surface area contributed by atoms with Gasteiger partial charge in [-0.25, -0.2) is 4.39 Å². The minimum absolute atomic E-state index is 0.178. The molecule has 0 spiro atoms. The molecule has 1 heterocycles. The Kier molecular flexibility index (Phi) is 4.74. The zero-order valence-corrected chi connectivity index (χ0v) is 16.4. The summed E-state index contributed by atoms with van der Waals surface area (Å²) in [6.07, 6.45) is 2.30. The number of aromatic nitrogens is 1. The van der Waals surface area contributed by atoms with Crippen LogP contribution in [-0.2, 0) is 16.6 Å². The average molecular weight is 403 g/mol. The van der Waals surface area contributed by atoms with E-state index in [0.717, 1.165) is 35.5 Å². The molecule has 4 rings (SSSR count). The monoisotopic (exact) mass is 402 g/mol. The molecule has 7 heteroatoms. The summed E-state index contributed by atoms with van der Waals surface area (Å²) in [6.45, 7) is 2.72. The highest BCUT2D eigenvalue weighted by atomic mass is 32.2. The molecule has 0 N–H and O–H groups in total. The van der Waals surface area contributed by atoms with Gasteiger partial charge in [-0.1, -0.05) is 41.7 Å². The molecular weight excluding hydrogens is 383 g/mol. The first-order valence-corrected chi connectivity index (χ1v) is 11.0. The van der Waals surface area contributed by atoms with E-state index in [1.165, 1.54) is 23.5 Å². The van der Waals surface area contributed by atoms with E-state index in [2.05, 4.69) is 4.40 Å². The molecule has 0 aliphatic heterocycles. The molecular formula is C20H19FN2O2S2. The number of nitrogens with zero attached hydrogens (tertiary/aromatic N) is 2. The summed E-state index contributed by atoms with van der Waals surface area (Å²) in [5, 5.41) is 0. The second kappa shape index (κ2) is 7.05. The van der Waals surface area contributed by atoms with Gasteiger partial charge in [-0.3, -0.25) is 0 Å². The predicted octanol–water partition coefficient (Wildman–Crippen LogP) is 4.36. The summed E-state index contributed by atoms with van der Waals surface area (Å²) < 4.78 is 44.9. The number of sulfonamides is 1. The molecule has 4 nitrogen and oxygen atoms in total. The zero-order chi connectivity index (χ0) is 19.0.